The van der Waals surface area contributed by atoms with E-state index in [-0.39, 0.29) is 12.8 Å². The zero-order valence-electron chi connectivity index (χ0n) is 12.8. The van der Waals surface area contributed by atoms with E-state index >= 15 is 0 Å². The molecule has 1 rings (SSSR count). The second-order valence-corrected chi connectivity index (χ2v) is 4.92. The highest BCUT2D eigenvalue weighted by atomic mass is 19.1. The first-order chi connectivity index (χ1) is 9.95. The van der Waals surface area contributed by atoms with Crippen molar-refractivity contribution in [3.05, 3.63) is 35.6 Å². The third-order valence-corrected chi connectivity index (χ3v) is 2.70. The average molecular weight is 299 g/mol. The zero-order chi connectivity index (χ0) is 15.8. The number of alkyl carbamates (subject to hydrolysis) is 1. The molecule has 1 aromatic rings. The van der Waals surface area contributed by atoms with Crippen molar-refractivity contribution >= 4 is 6.09 Å². The van der Waals surface area contributed by atoms with Crippen LogP contribution >= 0.6 is 0 Å². The molecule has 2 atom stereocenters. The Morgan fingerprint density at radius 3 is 2.52 bits per heavy atom. The number of hydrogen-bond acceptors (Lipinski definition) is 4. The summed E-state index contributed by atoms with van der Waals surface area (Å²) in [5, 5.41) is 2.61. The highest BCUT2D eigenvalue weighted by Gasteiger charge is 2.26. The lowest BCUT2D eigenvalue weighted by atomic mass is 10.0. The summed E-state index contributed by atoms with van der Waals surface area (Å²) in [6, 6.07) is 6.16. The third kappa shape index (κ3) is 5.69. The maximum absolute atomic E-state index is 13.9. The Morgan fingerprint density at radius 2 is 1.95 bits per heavy atom. The molecule has 0 fully saturated rings. The van der Waals surface area contributed by atoms with Crippen LogP contribution in [-0.2, 0) is 14.2 Å². The molecule has 21 heavy (non-hydrogen) atoms. The molecule has 118 valence electrons. The van der Waals surface area contributed by atoms with Crippen LogP contribution in [0.5, 0.6) is 0 Å². The van der Waals surface area contributed by atoms with Crippen LogP contribution in [0.2, 0.25) is 0 Å². The molecule has 1 N–H and O–H groups in total. The molecule has 0 radical (unpaired) electrons. The van der Waals surface area contributed by atoms with Gasteiger partial charge in [-0.25, -0.2) is 9.18 Å². The van der Waals surface area contributed by atoms with Crippen LogP contribution in [0, 0.1) is 5.82 Å². The molecule has 0 spiro atoms. The van der Waals surface area contributed by atoms with E-state index in [9.17, 15) is 9.18 Å². The van der Waals surface area contributed by atoms with Gasteiger partial charge in [-0.05, 0) is 26.8 Å². The summed E-state index contributed by atoms with van der Waals surface area (Å²) in [4.78, 5) is 11.6. The number of halogens is 1. The molecule has 0 aliphatic carbocycles. The number of rotatable bonds is 7. The minimum atomic E-state index is -0.746. The Bertz CT molecular complexity index is 453. The molecule has 0 aliphatic heterocycles. The van der Waals surface area contributed by atoms with E-state index in [0.29, 0.717) is 5.56 Å². The smallest absolute Gasteiger partial charge is 0.407 e. The Labute approximate surface area is 124 Å². The van der Waals surface area contributed by atoms with Crippen LogP contribution in [0.15, 0.2) is 24.3 Å². The minimum absolute atomic E-state index is 0.0293. The first-order valence-corrected chi connectivity index (χ1v) is 6.77. The van der Waals surface area contributed by atoms with Crippen molar-refractivity contribution in [2.45, 2.75) is 39.0 Å². The topological polar surface area (TPSA) is 56.8 Å². The summed E-state index contributed by atoms with van der Waals surface area (Å²) in [5.41, 5.74) is 0.319. The summed E-state index contributed by atoms with van der Waals surface area (Å²) >= 11 is 0. The molecule has 0 aromatic heterocycles. The van der Waals surface area contributed by atoms with Gasteiger partial charge < -0.3 is 19.5 Å². The standard InChI is InChI=1S/C15H22FNO4/c1-10(2)17-15(18)21-11(3)14(20-9-19-4)12-7-5-6-8-13(12)16/h5-8,10-11,14H,9H2,1-4H3,(H,17,18)/t11-,14+/m0/s1. The first-order valence-electron chi connectivity index (χ1n) is 6.77. The van der Waals surface area contributed by atoms with Gasteiger partial charge in [0.05, 0.1) is 0 Å². The quantitative estimate of drug-likeness (QED) is 0.786. The SMILES string of the molecule is COCO[C@@H](c1ccccc1F)[C@H](C)OC(=O)NC(C)C. The molecular formula is C15H22FNO4. The van der Waals surface area contributed by atoms with E-state index in [2.05, 4.69) is 5.32 Å². The molecule has 0 saturated heterocycles. The van der Waals surface area contributed by atoms with Gasteiger partial charge in [-0.15, -0.1) is 0 Å². The van der Waals surface area contributed by atoms with Gasteiger partial charge in [-0.1, -0.05) is 18.2 Å². The van der Waals surface area contributed by atoms with Crippen LogP contribution in [0.3, 0.4) is 0 Å². The fourth-order valence-corrected chi connectivity index (χ4v) is 1.83. The molecule has 1 amide bonds. The van der Waals surface area contributed by atoms with E-state index in [1.807, 2.05) is 13.8 Å². The van der Waals surface area contributed by atoms with E-state index in [4.69, 9.17) is 14.2 Å². The van der Waals surface area contributed by atoms with E-state index in [1.165, 1.54) is 13.2 Å². The van der Waals surface area contributed by atoms with Crippen LogP contribution in [0.1, 0.15) is 32.4 Å². The fraction of sp³-hybridized carbons (Fsp3) is 0.533. The van der Waals surface area contributed by atoms with Gasteiger partial charge in [-0.3, -0.25) is 0 Å². The van der Waals surface area contributed by atoms with Crippen molar-refractivity contribution in [1.29, 1.82) is 0 Å². The predicted octanol–water partition coefficient (Wildman–Crippen LogP) is 3.01. The van der Waals surface area contributed by atoms with Crippen molar-refractivity contribution in [3.63, 3.8) is 0 Å². The van der Waals surface area contributed by atoms with Crippen molar-refractivity contribution < 1.29 is 23.4 Å². The summed E-state index contributed by atoms with van der Waals surface area (Å²) < 4.78 is 29.4. The monoisotopic (exact) mass is 299 g/mol. The first kappa shape index (κ1) is 17.4. The lowest BCUT2D eigenvalue weighted by Crippen LogP contribution is -2.35. The number of methoxy groups -OCH3 is 1. The number of ether oxygens (including phenoxy) is 3. The molecule has 0 heterocycles. The maximum Gasteiger partial charge on any atom is 0.407 e. The van der Waals surface area contributed by atoms with Gasteiger partial charge in [0.1, 0.15) is 24.8 Å². The van der Waals surface area contributed by atoms with Crippen molar-refractivity contribution in [3.8, 4) is 0 Å². The molecule has 0 unspecified atom stereocenters. The van der Waals surface area contributed by atoms with Gasteiger partial charge in [0, 0.05) is 18.7 Å². The Balaban J connectivity index is 2.82. The normalized spacial score (nSPS) is 13.8. The fourth-order valence-electron chi connectivity index (χ4n) is 1.83. The van der Waals surface area contributed by atoms with Crippen LogP contribution < -0.4 is 5.32 Å². The molecule has 0 saturated carbocycles. The highest BCUT2D eigenvalue weighted by Crippen LogP contribution is 2.26. The summed E-state index contributed by atoms with van der Waals surface area (Å²) in [5.74, 6) is -0.418. The number of hydrogen-bond donors (Lipinski definition) is 1. The van der Waals surface area contributed by atoms with Gasteiger partial charge >= 0.3 is 6.09 Å². The number of amides is 1. The van der Waals surface area contributed by atoms with Crippen LogP contribution in [0.25, 0.3) is 0 Å². The maximum atomic E-state index is 13.9. The van der Waals surface area contributed by atoms with Gasteiger partial charge in [0.25, 0.3) is 0 Å². The Morgan fingerprint density at radius 1 is 1.29 bits per heavy atom. The number of nitrogens with one attached hydrogen (secondary N) is 1. The van der Waals surface area contributed by atoms with E-state index in [0.717, 1.165) is 0 Å². The highest BCUT2D eigenvalue weighted by molar-refractivity contribution is 5.67. The average Bonchev–Trinajstić information content (AvgIpc) is 2.40. The third-order valence-electron chi connectivity index (χ3n) is 2.70. The number of carbonyl (C=O) groups is 1. The largest absolute Gasteiger partial charge is 0.443 e. The van der Waals surface area contributed by atoms with Gasteiger partial charge in [0.2, 0.25) is 0 Å². The lowest BCUT2D eigenvalue weighted by Gasteiger charge is -2.25. The molecule has 5 nitrogen and oxygen atoms in total. The van der Waals surface area contributed by atoms with Crippen molar-refractivity contribution in [2.75, 3.05) is 13.9 Å². The number of benzene rings is 1. The van der Waals surface area contributed by atoms with E-state index in [1.54, 1.807) is 25.1 Å². The van der Waals surface area contributed by atoms with E-state index < -0.39 is 24.1 Å². The predicted molar refractivity (Wildman–Crippen MR) is 76.3 cm³/mol. The molecular weight excluding hydrogens is 277 g/mol. The minimum Gasteiger partial charge on any atom is -0.443 e. The van der Waals surface area contributed by atoms with Gasteiger partial charge in [-0.2, -0.15) is 0 Å². The van der Waals surface area contributed by atoms with Crippen LogP contribution in [-0.4, -0.2) is 32.1 Å². The molecule has 0 aliphatic rings. The van der Waals surface area contributed by atoms with Gasteiger partial charge in [0.15, 0.2) is 0 Å². The second-order valence-electron chi connectivity index (χ2n) is 4.92. The second kappa shape index (κ2) is 8.59. The molecule has 0 bridgehead atoms. The summed E-state index contributed by atoms with van der Waals surface area (Å²) in [6.07, 6.45) is -1.99. The summed E-state index contributed by atoms with van der Waals surface area (Å²) in [6.45, 7) is 5.26. The van der Waals surface area contributed by atoms with Crippen molar-refractivity contribution in [2.24, 2.45) is 0 Å². The molecule has 6 heteroatoms. The van der Waals surface area contributed by atoms with Crippen molar-refractivity contribution in [1.82, 2.24) is 5.32 Å². The number of carbonyl (C=O) groups excluding carboxylic acids is 1. The Hall–Kier alpha value is -1.66. The summed E-state index contributed by atoms with van der Waals surface area (Å²) in [7, 11) is 1.47. The zero-order valence-corrected chi connectivity index (χ0v) is 12.8. The van der Waals surface area contributed by atoms with Crippen LogP contribution in [0.4, 0.5) is 9.18 Å². The lowest BCUT2D eigenvalue weighted by molar-refractivity contribution is -0.113. The molecule has 1 aromatic carbocycles. The Kier molecular flexibility index (Phi) is 7.11.